The molecule has 1 unspecified atom stereocenters. The molecule has 0 saturated carbocycles. The van der Waals surface area contributed by atoms with E-state index in [0.717, 1.165) is 16.7 Å². The Hall–Kier alpha value is -2.19. The van der Waals surface area contributed by atoms with Crippen LogP contribution >= 0.6 is 24.0 Å². The van der Waals surface area contributed by atoms with Crippen molar-refractivity contribution in [2.75, 3.05) is 5.32 Å². The monoisotopic (exact) mass is 362 g/mol. The van der Waals surface area contributed by atoms with Crippen molar-refractivity contribution in [2.45, 2.75) is 19.9 Å². The van der Waals surface area contributed by atoms with Crippen molar-refractivity contribution in [1.29, 1.82) is 0 Å². The molecule has 2 amide bonds. The van der Waals surface area contributed by atoms with E-state index in [1.54, 1.807) is 38.1 Å². The molecule has 124 valence electrons. The third kappa shape index (κ3) is 2.51. The molecule has 2 heterocycles. The van der Waals surface area contributed by atoms with Crippen LogP contribution in [0.1, 0.15) is 19.4 Å². The van der Waals surface area contributed by atoms with Crippen LogP contribution in [0.5, 0.6) is 0 Å². The lowest BCUT2D eigenvalue weighted by Gasteiger charge is -2.26. The Morgan fingerprint density at radius 3 is 2.58 bits per heavy atom. The first kappa shape index (κ1) is 16.7. The summed E-state index contributed by atoms with van der Waals surface area (Å²) < 4.78 is 0.154. The zero-order chi connectivity index (χ0) is 17.6. The number of benzene rings is 1. The molecule has 24 heavy (non-hydrogen) atoms. The molecule has 0 radical (unpaired) electrons. The van der Waals surface area contributed by atoms with Gasteiger partial charge < -0.3 is 10.4 Å². The zero-order valence-electron chi connectivity index (χ0n) is 12.9. The number of thiocarbonyl (C=S) groups is 1. The van der Waals surface area contributed by atoms with E-state index in [0.29, 0.717) is 11.3 Å². The molecule has 0 bridgehead atoms. The Morgan fingerprint density at radius 2 is 1.96 bits per heavy atom. The number of thioether (sulfide) groups is 1. The minimum absolute atomic E-state index is 0.154. The van der Waals surface area contributed by atoms with Crippen LogP contribution in [-0.4, -0.2) is 38.2 Å². The smallest absolute Gasteiger partial charge is 0.327 e. The van der Waals surface area contributed by atoms with Crippen LogP contribution in [0.2, 0.25) is 0 Å². The van der Waals surface area contributed by atoms with Crippen LogP contribution in [0.15, 0.2) is 29.2 Å². The molecule has 2 aliphatic rings. The fourth-order valence-corrected chi connectivity index (χ4v) is 4.21. The van der Waals surface area contributed by atoms with Gasteiger partial charge in [0.1, 0.15) is 10.4 Å². The molecule has 1 fully saturated rings. The first-order valence-corrected chi connectivity index (χ1v) is 8.48. The van der Waals surface area contributed by atoms with Crippen molar-refractivity contribution in [3.05, 3.63) is 34.7 Å². The van der Waals surface area contributed by atoms with Gasteiger partial charge in [0.05, 0.1) is 10.5 Å². The number of fused-ring (bicyclic) bond motifs is 1. The second-order valence-electron chi connectivity index (χ2n) is 5.77. The third-order valence-corrected chi connectivity index (χ3v) is 5.26. The van der Waals surface area contributed by atoms with Crippen LogP contribution in [0.25, 0.3) is 5.57 Å². The number of hydrogen-bond acceptors (Lipinski definition) is 5. The molecular weight excluding hydrogens is 348 g/mol. The van der Waals surface area contributed by atoms with Crippen LogP contribution in [0.3, 0.4) is 0 Å². The molecule has 1 saturated heterocycles. The number of amides is 2. The molecule has 0 spiro atoms. The van der Waals surface area contributed by atoms with E-state index in [2.05, 4.69) is 5.32 Å². The molecular formula is C16H14N2O4S2. The second kappa shape index (κ2) is 6.03. The van der Waals surface area contributed by atoms with Gasteiger partial charge in [-0.25, -0.2) is 4.79 Å². The molecule has 0 aliphatic carbocycles. The first-order valence-electron chi connectivity index (χ1n) is 7.26. The van der Waals surface area contributed by atoms with Crippen molar-refractivity contribution in [3.63, 3.8) is 0 Å². The van der Waals surface area contributed by atoms with Crippen molar-refractivity contribution in [2.24, 2.45) is 5.92 Å². The Bertz CT molecular complexity index is 816. The van der Waals surface area contributed by atoms with Crippen LogP contribution in [0, 0.1) is 5.92 Å². The topological polar surface area (TPSA) is 86.7 Å². The molecule has 8 heteroatoms. The Labute approximate surface area is 147 Å². The number of hydrogen-bond donors (Lipinski definition) is 2. The maximum absolute atomic E-state index is 12.8. The highest BCUT2D eigenvalue weighted by Gasteiger charge is 2.45. The van der Waals surface area contributed by atoms with E-state index in [9.17, 15) is 19.5 Å². The number of carboxylic acids is 1. The summed E-state index contributed by atoms with van der Waals surface area (Å²) in [6.45, 7) is 3.42. The van der Waals surface area contributed by atoms with Gasteiger partial charge in [0.15, 0.2) is 0 Å². The summed E-state index contributed by atoms with van der Waals surface area (Å²) in [7, 11) is 0. The van der Waals surface area contributed by atoms with Crippen molar-refractivity contribution >= 4 is 57.3 Å². The number of carbonyl (C=O) groups excluding carboxylic acids is 2. The summed E-state index contributed by atoms with van der Waals surface area (Å²) in [5.74, 6) is -2.36. The minimum Gasteiger partial charge on any atom is -0.480 e. The number of nitrogens with zero attached hydrogens (tertiary/aromatic N) is 1. The molecule has 2 aliphatic heterocycles. The molecule has 3 rings (SSSR count). The van der Waals surface area contributed by atoms with Gasteiger partial charge >= 0.3 is 5.97 Å². The van der Waals surface area contributed by atoms with E-state index in [4.69, 9.17) is 12.2 Å². The second-order valence-corrected chi connectivity index (χ2v) is 7.42. The van der Waals surface area contributed by atoms with E-state index in [1.165, 1.54) is 0 Å². The largest absolute Gasteiger partial charge is 0.480 e. The summed E-state index contributed by atoms with van der Waals surface area (Å²) in [4.78, 5) is 38.0. The normalized spacial score (nSPS) is 21.3. The molecule has 0 aromatic heterocycles. The van der Waals surface area contributed by atoms with E-state index in [-0.39, 0.29) is 26.6 Å². The number of carbonyl (C=O) groups is 3. The van der Waals surface area contributed by atoms with Crippen LogP contribution in [0.4, 0.5) is 5.69 Å². The number of aliphatic carboxylic acids is 1. The van der Waals surface area contributed by atoms with E-state index < -0.39 is 17.9 Å². The minimum atomic E-state index is -1.12. The van der Waals surface area contributed by atoms with Gasteiger partial charge in [-0.3, -0.25) is 14.5 Å². The average molecular weight is 362 g/mol. The molecule has 2 N–H and O–H groups in total. The van der Waals surface area contributed by atoms with E-state index in [1.807, 2.05) is 0 Å². The third-order valence-electron chi connectivity index (χ3n) is 3.86. The maximum atomic E-state index is 12.8. The van der Waals surface area contributed by atoms with Crippen LogP contribution < -0.4 is 5.32 Å². The van der Waals surface area contributed by atoms with Gasteiger partial charge in [0.25, 0.3) is 11.8 Å². The average Bonchev–Trinajstić information content (AvgIpc) is 2.97. The van der Waals surface area contributed by atoms with Crippen LogP contribution in [-0.2, 0) is 14.4 Å². The van der Waals surface area contributed by atoms with Gasteiger partial charge in [-0.1, -0.05) is 56.0 Å². The Balaban J connectivity index is 2.10. The highest BCUT2D eigenvalue weighted by Crippen LogP contribution is 2.43. The molecule has 1 atom stereocenters. The first-order chi connectivity index (χ1) is 11.3. The van der Waals surface area contributed by atoms with Crippen molar-refractivity contribution in [1.82, 2.24) is 4.90 Å². The summed E-state index contributed by atoms with van der Waals surface area (Å²) in [5.41, 5.74) is 1.50. The summed E-state index contributed by atoms with van der Waals surface area (Å²) >= 11 is 6.19. The fourth-order valence-electron chi connectivity index (χ4n) is 2.81. The lowest BCUT2D eigenvalue weighted by Crippen LogP contribution is -2.47. The predicted molar refractivity (Wildman–Crippen MR) is 95.3 cm³/mol. The SMILES string of the molecule is CC(C)C(C(=O)O)N1C(=O)/C(=C2/C(=O)Nc3ccccc32)SC1=S. The van der Waals surface area contributed by atoms with Gasteiger partial charge in [0.2, 0.25) is 0 Å². The standard InChI is InChI=1S/C16H14N2O4S2/c1-7(2)11(15(21)22)18-14(20)12(24-16(18)23)10-8-5-3-4-6-9(8)17-13(10)19/h3-7,11H,1-2H3,(H,17,19)(H,21,22)/b12-10-. The van der Waals surface area contributed by atoms with E-state index >= 15 is 0 Å². The van der Waals surface area contributed by atoms with Crippen molar-refractivity contribution < 1.29 is 19.5 Å². The summed E-state index contributed by atoms with van der Waals surface area (Å²) in [6.07, 6.45) is 0. The highest BCUT2D eigenvalue weighted by molar-refractivity contribution is 8.26. The summed E-state index contributed by atoms with van der Waals surface area (Å²) in [6, 6.07) is 5.98. The van der Waals surface area contributed by atoms with Crippen molar-refractivity contribution in [3.8, 4) is 0 Å². The molecule has 6 nitrogen and oxygen atoms in total. The van der Waals surface area contributed by atoms with Gasteiger partial charge in [0, 0.05) is 11.3 Å². The molecule has 1 aromatic carbocycles. The van der Waals surface area contributed by atoms with Gasteiger partial charge in [-0.15, -0.1) is 0 Å². The summed E-state index contributed by atoms with van der Waals surface area (Å²) in [5, 5.41) is 12.2. The van der Waals surface area contributed by atoms with Gasteiger partial charge in [-0.05, 0) is 12.0 Å². The Kier molecular flexibility index (Phi) is 4.18. The maximum Gasteiger partial charge on any atom is 0.327 e. The number of nitrogens with one attached hydrogen (secondary N) is 1. The lowest BCUT2D eigenvalue weighted by atomic mass is 10.0. The predicted octanol–water partition coefficient (Wildman–Crippen LogP) is 2.32. The molecule has 1 aromatic rings. The fraction of sp³-hybridized carbons (Fsp3) is 0.250. The quantitative estimate of drug-likeness (QED) is 0.634. The Morgan fingerprint density at radius 1 is 1.29 bits per heavy atom. The number of rotatable bonds is 3. The number of carboxylic acid groups (broad SMARTS) is 1. The van der Waals surface area contributed by atoms with Gasteiger partial charge in [-0.2, -0.15) is 0 Å². The number of anilines is 1. The number of para-hydroxylation sites is 1. The highest BCUT2D eigenvalue weighted by atomic mass is 32.2. The zero-order valence-corrected chi connectivity index (χ0v) is 14.5. The lowest BCUT2D eigenvalue weighted by molar-refractivity contribution is -0.146.